The van der Waals surface area contributed by atoms with E-state index in [9.17, 15) is 14.4 Å². The summed E-state index contributed by atoms with van der Waals surface area (Å²) in [5.41, 5.74) is 0.900. The minimum atomic E-state index is -0.784. The Morgan fingerprint density at radius 3 is 2.71 bits per heavy atom. The zero-order valence-electron chi connectivity index (χ0n) is 11.5. The lowest BCUT2D eigenvalue weighted by Gasteiger charge is -2.21. The Hall–Kier alpha value is -2.25. The Labute approximate surface area is 121 Å². The van der Waals surface area contributed by atoms with Crippen molar-refractivity contribution in [3.63, 3.8) is 0 Å². The maximum atomic E-state index is 11.7. The number of carbonyl (C=O) groups is 3. The van der Waals surface area contributed by atoms with Gasteiger partial charge in [-0.15, -0.1) is 0 Å². The molecular weight excluding hydrogens is 276 g/mol. The van der Waals surface area contributed by atoms with Crippen molar-refractivity contribution in [2.75, 3.05) is 25.1 Å². The first-order valence-electron chi connectivity index (χ1n) is 6.48. The second kappa shape index (κ2) is 6.96. The number of rotatable bonds is 3. The molecule has 1 saturated heterocycles. The van der Waals surface area contributed by atoms with Gasteiger partial charge in [0.2, 0.25) is 0 Å². The van der Waals surface area contributed by atoms with Gasteiger partial charge in [0.25, 0.3) is 5.91 Å². The highest BCUT2D eigenvalue weighted by molar-refractivity contribution is 6.03. The number of Topliss-reactive ketones (excluding diaryl/α,β-unsaturated/α-hetero) is 1. The average Bonchev–Trinajstić information content (AvgIpc) is 2.48. The van der Waals surface area contributed by atoms with Crippen molar-refractivity contribution in [1.29, 1.82) is 0 Å². The van der Waals surface area contributed by atoms with Crippen LogP contribution in [0.2, 0.25) is 0 Å². The van der Waals surface area contributed by atoms with Crippen molar-refractivity contribution >= 4 is 23.4 Å². The molecule has 1 fully saturated rings. The molecule has 0 bridgehead atoms. The Balaban J connectivity index is 1.90. The van der Waals surface area contributed by atoms with Crippen LogP contribution in [0.25, 0.3) is 0 Å². The lowest BCUT2D eigenvalue weighted by Crippen LogP contribution is -2.46. The van der Waals surface area contributed by atoms with E-state index in [1.165, 1.54) is 13.0 Å². The van der Waals surface area contributed by atoms with Gasteiger partial charge in [-0.2, -0.15) is 0 Å². The topological polar surface area (TPSA) is 93.7 Å². The van der Waals surface area contributed by atoms with E-state index in [1.54, 1.807) is 18.2 Å². The van der Waals surface area contributed by atoms with Crippen molar-refractivity contribution in [2.24, 2.45) is 0 Å². The summed E-state index contributed by atoms with van der Waals surface area (Å²) in [4.78, 5) is 34.7. The fourth-order valence-corrected chi connectivity index (χ4v) is 1.81. The number of urea groups is 1. The van der Waals surface area contributed by atoms with E-state index >= 15 is 0 Å². The molecule has 1 aliphatic rings. The van der Waals surface area contributed by atoms with Crippen LogP contribution >= 0.6 is 0 Å². The Morgan fingerprint density at radius 2 is 2.05 bits per heavy atom. The van der Waals surface area contributed by atoms with E-state index in [0.717, 1.165) is 0 Å². The van der Waals surface area contributed by atoms with Gasteiger partial charge in [-0.1, -0.05) is 12.1 Å². The third-order valence-corrected chi connectivity index (χ3v) is 2.87. The number of imide groups is 1. The van der Waals surface area contributed by atoms with Crippen LogP contribution in [0.5, 0.6) is 0 Å². The van der Waals surface area contributed by atoms with Gasteiger partial charge >= 0.3 is 6.03 Å². The normalized spacial score (nSPS) is 17.9. The predicted molar refractivity (Wildman–Crippen MR) is 74.2 cm³/mol. The summed E-state index contributed by atoms with van der Waals surface area (Å²) < 4.78 is 10.3. The average molecular weight is 292 g/mol. The third-order valence-electron chi connectivity index (χ3n) is 2.87. The quantitative estimate of drug-likeness (QED) is 0.809. The second-order valence-electron chi connectivity index (χ2n) is 4.51. The van der Waals surface area contributed by atoms with Crippen LogP contribution < -0.4 is 10.6 Å². The standard InChI is InChI=1S/C14H16N2O5/c1-9(17)10-3-2-4-11(7-10)15-14(19)16-13(18)12-8-20-5-6-21-12/h2-4,7,12H,5-6,8H2,1H3,(H2,15,16,18,19). The Bertz CT molecular complexity index is 552. The van der Waals surface area contributed by atoms with Crippen LogP contribution in [0.4, 0.5) is 10.5 Å². The molecule has 1 atom stereocenters. The fourth-order valence-electron chi connectivity index (χ4n) is 1.81. The molecule has 0 aromatic heterocycles. The molecule has 112 valence electrons. The SMILES string of the molecule is CC(=O)c1cccc(NC(=O)NC(=O)C2COCCO2)c1. The Morgan fingerprint density at radius 1 is 1.24 bits per heavy atom. The predicted octanol–water partition coefficient (Wildman–Crippen LogP) is 0.953. The lowest BCUT2D eigenvalue weighted by atomic mass is 10.1. The lowest BCUT2D eigenvalue weighted by molar-refractivity contribution is -0.146. The summed E-state index contributed by atoms with van der Waals surface area (Å²) in [6, 6.07) is 5.76. The zero-order chi connectivity index (χ0) is 15.2. The third kappa shape index (κ3) is 4.37. The minimum Gasteiger partial charge on any atom is -0.376 e. The summed E-state index contributed by atoms with van der Waals surface area (Å²) >= 11 is 0. The van der Waals surface area contributed by atoms with E-state index in [0.29, 0.717) is 24.5 Å². The fraction of sp³-hybridized carbons (Fsp3) is 0.357. The van der Waals surface area contributed by atoms with Crippen LogP contribution in [0.15, 0.2) is 24.3 Å². The van der Waals surface area contributed by atoms with Crippen LogP contribution in [0, 0.1) is 0 Å². The molecule has 7 nitrogen and oxygen atoms in total. The molecule has 1 aliphatic heterocycles. The summed E-state index contributed by atoms with van der Waals surface area (Å²) in [6.45, 7) is 2.32. The molecule has 21 heavy (non-hydrogen) atoms. The molecule has 0 aliphatic carbocycles. The van der Waals surface area contributed by atoms with Crippen LogP contribution in [0.1, 0.15) is 17.3 Å². The molecule has 1 aromatic rings. The molecule has 2 N–H and O–H groups in total. The van der Waals surface area contributed by atoms with E-state index in [4.69, 9.17) is 9.47 Å². The Kier molecular flexibility index (Phi) is 5.02. The summed E-state index contributed by atoms with van der Waals surface area (Å²) in [5.74, 6) is -0.669. The van der Waals surface area contributed by atoms with Gasteiger partial charge in [-0.25, -0.2) is 4.79 Å². The first-order chi connectivity index (χ1) is 10.1. The van der Waals surface area contributed by atoms with Crippen LogP contribution in [-0.4, -0.2) is 43.6 Å². The molecule has 1 aromatic carbocycles. The van der Waals surface area contributed by atoms with Crippen LogP contribution in [-0.2, 0) is 14.3 Å². The van der Waals surface area contributed by atoms with Crippen molar-refractivity contribution in [1.82, 2.24) is 5.32 Å². The number of ketones is 1. The maximum absolute atomic E-state index is 11.7. The second-order valence-corrected chi connectivity index (χ2v) is 4.51. The van der Waals surface area contributed by atoms with E-state index in [1.807, 2.05) is 0 Å². The monoisotopic (exact) mass is 292 g/mol. The summed E-state index contributed by atoms with van der Waals surface area (Å²) in [7, 11) is 0. The number of amides is 3. The molecule has 1 heterocycles. The van der Waals surface area contributed by atoms with E-state index in [-0.39, 0.29) is 12.4 Å². The first-order valence-corrected chi connectivity index (χ1v) is 6.48. The molecule has 0 radical (unpaired) electrons. The highest BCUT2D eigenvalue weighted by Gasteiger charge is 2.24. The number of hydrogen-bond donors (Lipinski definition) is 2. The number of anilines is 1. The highest BCUT2D eigenvalue weighted by atomic mass is 16.6. The van der Waals surface area contributed by atoms with Gasteiger partial charge in [0, 0.05) is 11.3 Å². The number of benzene rings is 1. The van der Waals surface area contributed by atoms with Gasteiger partial charge < -0.3 is 14.8 Å². The number of ether oxygens (including phenoxy) is 2. The smallest absolute Gasteiger partial charge is 0.325 e. The van der Waals surface area contributed by atoms with Gasteiger partial charge in [0.05, 0.1) is 19.8 Å². The molecule has 7 heteroatoms. The maximum Gasteiger partial charge on any atom is 0.325 e. The van der Waals surface area contributed by atoms with Crippen molar-refractivity contribution in [3.8, 4) is 0 Å². The highest BCUT2D eigenvalue weighted by Crippen LogP contribution is 2.11. The molecule has 2 rings (SSSR count). The molecular formula is C14H16N2O5. The number of nitrogens with one attached hydrogen (secondary N) is 2. The molecule has 0 spiro atoms. The van der Waals surface area contributed by atoms with Gasteiger partial charge in [0.15, 0.2) is 11.9 Å². The number of hydrogen-bond acceptors (Lipinski definition) is 5. The zero-order valence-corrected chi connectivity index (χ0v) is 11.5. The van der Waals surface area contributed by atoms with Gasteiger partial charge in [0.1, 0.15) is 0 Å². The van der Waals surface area contributed by atoms with Crippen LogP contribution in [0.3, 0.4) is 0 Å². The van der Waals surface area contributed by atoms with E-state index in [2.05, 4.69) is 10.6 Å². The summed E-state index contributed by atoms with van der Waals surface area (Å²) in [5, 5.41) is 4.66. The molecule has 0 saturated carbocycles. The molecule has 1 unspecified atom stereocenters. The van der Waals surface area contributed by atoms with Gasteiger partial charge in [-0.05, 0) is 19.1 Å². The molecule has 3 amide bonds. The summed E-state index contributed by atoms with van der Waals surface area (Å²) in [6.07, 6.45) is -0.784. The van der Waals surface area contributed by atoms with Crippen molar-refractivity contribution in [2.45, 2.75) is 13.0 Å². The van der Waals surface area contributed by atoms with Crippen molar-refractivity contribution in [3.05, 3.63) is 29.8 Å². The first kappa shape index (κ1) is 15.1. The van der Waals surface area contributed by atoms with Crippen molar-refractivity contribution < 1.29 is 23.9 Å². The minimum absolute atomic E-state index is 0.108. The van der Waals surface area contributed by atoms with Gasteiger partial charge in [-0.3, -0.25) is 14.9 Å². The number of carbonyl (C=O) groups excluding carboxylic acids is 3. The van der Waals surface area contributed by atoms with E-state index < -0.39 is 18.0 Å². The largest absolute Gasteiger partial charge is 0.376 e.